The molecule has 3 fully saturated rings. The van der Waals surface area contributed by atoms with Gasteiger partial charge in [0.25, 0.3) is 5.69 Å². The Balaban J connectivity index is 1.73. The first-order valence-corrected chi connectivity index (χ1v) is 6.69. The van der Waals surface area contributed by atoms with Gasteiger partial charge in [-0.3, -0.25) is 15.1 Å². The lowest BCUT2D eigenvalue weighted by molar-refractivity contribution is -0.384. The second-order valence-electron chi connectivity index (χ2n) is 5.42. The van der Waals surface area contributed by atoms with Gasteiger partial charge >= 0.3 is 0 Å². The largest absolute Gasteiger partial charge is 0.303 e. The number of hydrogen-bond acceptors (Lipinski definition) is 4. The Bertz CT molecular complexity index is 488. The minimum atomic E-state index is -0.379. The van der Waals surface area contributed by atoms with E-state index in [0.29, 0.717) is 0 Å². The Kier molecular flexibility index (Phi) is 3.06. The monoisotopic (exact) mass is 259 g/mol. The van der Waals surface area contributed by atoms with Gasteiger partial charge < -0.3 is 4.90 Å². The van der Waals surface area contributed by atoms with Crippen LogP contribution in [0.15, 0.2) is 29.3 Å². The summed E-state index contributed by atoms with van der Waals surface area (Å²) in [7, 11) is 0. The molecule has 1 aromatic rings. The number of fused-ring (bicyclic) bond motifs is 3. The summed E-state index contributed by atoms with van der Waals surface area (Å²) in [4.78, 5) is 17.5. The van der Waals surface area contributed by atoms with E-state index in [-0.39, 0.29) is 16.1 Å². The van der Waals surface area contributed by atoms with Crippen LogP contribution in [-0.2, 0) is 0 Å². The van der Waals surface area contributed by atoms with Crippen molar-refractivity contribution in [2.24, 2.45) is 4.99 Å². The summed E-state index contributed by atoms with van der Waals surface area (Å²) < 4.78 is 0. The molecule has 4 rings (SSSR count). The Morgan fingerprint density at radius 1 is 1.16 bits per heavy atom. The maximum Gasteiger partial charge on any atom is 0.269 e. The molecular weight excluding hydrogens is 242 g/mol. The average molecular weight is 259 g/mol. The number of piperidine rings is 3. The van der Waals surface area contributed by atoms with Gasteiger partial charge in [0.15, 0.2) is 0 Å². The van der Waals surface area contributed by atoms with Crippen LogP contribution in [0.4, 0.5) is 5.69 Å². The van der Waals surface area contributed by atoms with Gasteiger partial charge in [-0.05, 0) is 37.0 Å². The predicted molar refractivity (Wildman–Crippen MR) is 73.7 cm³/mol. The lowest BCUT2D eigenvalue weighted by Crippen LogP contribution is -2.51. The zero-order valence-electron chi connectivity index (χ0n) is 10.8. The molecule has 100 valence electrons. The van der Waals surface area contributed by atoms with Crippen LogP contribution in [0.5, 0.6) is 0 Å². The molecule has 0 spiro atoms. The number of nitrogens with zero attached hydrogens (tertiary/aromatic N) is 3. The van der Waals surface area contributed by atoms with Gasteiger partial charge in [-0.25, -0.2) is 0 Å². The van der Waals surface area contributed by atoms with Crippen molar-refractivity contribution in [3.63, 3.8) is 0 Å². The summed E-state index contributed by atoms with van der Waals surface area (Å²) in [5.41, 5.74) is 1.19. The maximum atomic E-state index is 10.6. The number of nitro groups is 1. The third kappa shape index (κ3) is 2.51. The Morgan fingerprint density at radius 2 is 1.74 bits per heavy atom. The maximum absolute atomic E-state index is 10.6. The lowest BCUT2D eigenvalue weighted by Gasteiger charge is -2.46. The summed E-state index contributed by atoms with van der Waals surface area (Å²) >= 11 is 0. The highest BCUT2D eigenvalue weighted by molar-refractivity contribution is 5.80. The summed E-state index contributed by atoms with van der Waals surface area (Å²) in [5.74, 6) is 0. The third-order valence-corrected chi connectivity index (χ3v) is 4.27. The molecule has 0 unspecified atom stereocenters. The second kappa shape index (κ2) is 4.74. The summed E-state index contributed by atoms with van der Waals surface area (Å²) in [6.45, 7) is 3.45. The highest BCUT2D eigenvalue weighted by Gasteiger charge is 2.38. The Labute approximate surface area is 112 Å². The van der Waals surface area contributed by atoms with Crippen molar-refractivity contribution in [2.75, 3.05) is 19.6 Å². The van der Waals surface area contributed by atoms with Crippen molar-refractivity contribution in [1.82, 2.24) is 4.90 Å². The normalized spacial score (nSPS) is 29.8. The molecule has 3 aliphatic rings. The van der Waals surface area contributed by atoms with E-state index in [1.807, 2.05) is 6.21 Å². The molecule has 3 heterocycles. The Hall–Kier alpha value is -1.75. The molecule has 3 aliphatic heterocycles. The van der Waals surface area contributed by atoms with Crippen molar-refractivity contribution in [1.29, 1.82) is 0 Å². The van der Waals surface area contributed by atoms with Gasteiger partial charge in [0.2, 0.25) is 0 Å². The molecule has 0 radical (unpaired) electrons. The Morgan fingerprint density at radius 3 is 2.26 bits per heavy atom. The van der Waals surface area contributed by atoms with Crippen LogP contribution in [0.3, 0.4) is 0 Å². The number of benzene rings is 1. The number of aliphatic imine (C=N–C) groups is 1. The molecule has 2 bridgehead atoms. The zero-order chi connectivity index (χ0) is 13.3. The van der Waals surface area contributed by atoms with Gasteiger partial charge in [0.1, 0.15) is 0 Å². The highest BCUT2D eigenvalue weighted by Crippen LogP contribution is 2.35. The third-order valence-electron chi connectivity index (χ3n) is 4.27. The van der Waals surface area contributed by atoms with Gasteiger partial charge in [-0.15, -0.1) is 0 Å². The van der Waals surface area contributed by atoms with Crippen LogP contribution in [0.2, 0.25) is 0 Å². The van der Waals surface area contributed by atoms with Gasteiger partial charge in [-0.2, -0.15) is 0 Å². The van der Waals surface area contributed by atoms with Crippen LogP contribution < -0.4 is 0 Å². The van der Waals surface area contributed by atoms with Crippen molar-refractivity contribution < 1.29 is 4.92 Å². The first-order valence-electron chi connectivity index (χ1n) is 6.69. The van der Waals surface area contributed by atoms with Crippen LogP contribution in [0.1, 0.15) is 24.8 Å². The molecule has 3 saturated heterocycles. The topological polar surface area (TPSA) is 58.7 Å². The number of non-ortho nitro benzene ring substituents is 1. The van der Waals surface area contributed by atoms with Crippen molar-refractivity contribution in [2.45, 2.75) is 24.8 Å². The van der Waals surface area contributed by atoms with E-state index in [0.717, 1.165) is 44.5 Å². The van der Waals surface area contributed by atoms with E-state index < -0.39 is 0 Å². The first kappa shape index (κ1) is 12.3. The molecule has 0 aliphatic carbocycles. The standard InChI is InChI=1S/C14H17N3O2/c18-17(19)13-3-1-12(2-4-13)11-15-14-5-8-16(9-6-14)10-7-14/h1-4,11H,5-10H2. The molecule has 0 saturated carbocycles. The lowest BCUT2D eigenvalue weighted by atomic mass is 9.80. The fourth-order valence-corrected chi connectivity index (χ4v) is 2.90. The van der Waals surface area contributed by atoms with Gasteiger partial charge in [0, 0.05) is 38.0 Å². The SMILES string of the molecule is O=[N+]([O-])c1ccc(C=NC23CCN(CC2)CC3)cc1. The molecule has 0 amide bonds. The fourth-order valence-electron chi connectivity index (χ4n) is 2.90. The molecule has 0 atom stereocenters. The van der Waals surface area contributed by atoms with E-state index >= 15 is 0 Å². The first-order chi connectivity index (χ1) is 9.17. The van der Waals surface area contributed by atoms with Gasteiger partial charge in [0.05, 0.1) is 10.5 Å². The van der Waals surface area contributed by atoms with Crippen molar-refractivity contribution in [3.05, 3.63) is 39.9 Å². The average Bonchev–Trinajstić information content (AvgIpc) is 2.48. The summed E-state index contributed by atoms with van der Waals surface area (Å²) in [5, 5.41) is 10.6. The van der Waals surface area contributed by atoms with Crippen molar-refractivity contribution in [3.8, 4) is 0 Å². The van der Waals surface area contributed by atoms with E-state index in [1.54, 1.807) is 12.1 Å². The van der Waals surface area contributed by atoms with E-state index in [1.165, 1.54) is 12.1 Å². The molecule has 1 aromatic carbocycles. The second-order valence-corrected chi connectivity index (χ2v) is 5.42. The summed E-state index contributed by atoms with van der Waals surface area (Å²) in [6, 6.07) is 6.58. The molecular formula is C14H17N3O2. The van der Waals surface area contributed by atoms with Crippen molar-refractivity contribution >= 4 is 11.9 Å². The molecule has 0 aromatic heterocycles. The van der Waals surface area contributed by atoms with E-state index in [2.05, 4.69) is 4.90 Å². The number of nitro benzene ring substituents is 1. The molecule has 5 nitrogen and oxygen atoms in total. The molecule has 0 N–H and O–H groups in total. The van der Waals surface area contributed by atoms with Gasteiger partial charge in [-0.1, -0.05) is 0 Å². The molecule has 19 heavy (non-hydrogen) atoms. The minimum Gasteiger partial charge on any atom is -0.303 e. The number of hydrogen-bond donors (Lipinski definition) is 0. The molecule has 5 heteroatoms. The minimum absolute atomic E-state index is 0.122. The predicted octanol–water partition coefficient (Wildman–Crippen LogP) is 2.25. The van der Waals surface area contributed by atoms with Crippen LogP contribution in [0.25, 0.3) is 0 Å². The smallest absolute Gasteiger partial charge is 0.269 e. The van der Waals surface area contributed by atoms with Crippen LogP contribution in [-0.4, -0.2) is 41.2 Å². The number of rotatable bonds is 3. The van der Waals surface area contributed by atoms with Crippen LogP contribution in [0, 0.1) is 10.1 Å². The summed E-state index contributed by atoms with van der Waals surface area (Å²) in [6.07, 6.45) is 5.29. The zero-order valence-corrected chi connectivity index (χ0v) is 10.8. The quantitative estimate of drug-likeness (QED) is 0.475. The van der Waals surface area contributed by atoms with E-state index in [9.17, 15) is 10.1 Å². The fraction of sp³-hybridized carbons (Fsp3) is 0.500. The highest BCUT2D eigenvalue weighted by atomic mass is 16.6. The van der Waals surface area contributed by atoms with E-state index in [4.69, 9.17) is 4.99 Å². The van der Waals surface area contributed by atoms with Crippen LogP contribution >= 0.6 is 0 Å².